The van der Waals surface area contributed by atoms with E-state index in [9.17, 15) is 4.39 Å². The summed E-state index contributed by atoms with van der Waals surface area (Å²) >= 11 is 0. The van der Waals surface area contributed by atoms with E-state index >= 15 is 0 Å². The first-order chi connectivity index (χ1) is 13.3. The number of ether oxygens (including phenoxy) is 1. The van der Waals surface area contributed by atoms with Crippen LogP contribution in [-0.2, 0) is 13.2 Å². The largest absolute Gasteiger partial charge is 1.00 e. The van der Waals surface area contributed by atoms with E-state index in [0.717, 1.165) is 37.5 Å². The van der Waals surface area contributed by atoms with E-state index in [2.05, 4.69) is 22.8 Å². The third kappa shape index (κ3) is 7.14. The van der Waals surface area contributed by atoms with E-state index in [1.54, 1.807) is 12.1 Å². The Morgan fingerprint density at radius 3 is 2.34 bits per heavy atom. The average molecular weight is 441 g/mol. The molecule has 5 N–H and O–H groups in total. The van der Waals surface area contributed by atoms with Gasteiger partial charge in [-0.2, -0.15) is 0 Å². The second-order valence-corrected chi connectivity index (χ2v) is 6.51. The van der Waals surface area contributed by atoms with Crippen molar-refractivity contribution in [3.63, 3.8) is 0 Å². The third-order valence-electron chi connectivity index (χ3n) is 4.60. The van der Waals surface area contributed by atoms with Gasteiger partial charge >= 0.3 is 0 Å². The summed E-state index contributed by atoms with van der Waals surface area (Å²) in [5.74, 6) is 0.554. The maximum atomic E-state index is 13.9. The molecule has 4 nitrogen and oxygen atoms in total. The van der Waals surface area contributed by atoms with Crippen LogP contribution in [0.2, 0.25) is 0 Å². The predicted molar refractivity (Wildman–Crippen MR) is 104 cm³/mol. The molecular formula is C22H27Cl2FN2O2. The number of nitrogens with two attached hydrogens (primary N) is 2. The van der Waals surface area contributed by atoms with Gasteiger partial charge in [0.2, 0.25) is 0 Å². The summed E-state index contributed by atoms with van der Waals surface area (Å²) in [6.45, 7) is 3.85. The lowest BCUT2D eigenvalue weighted by Crippen LogP contribution is -3.00. The number of hydrogen-bond acceptors (Lipinski definition) is 2. The topological polar surface area (TPSA) is 62.7 Å². The highest BCUT2D eigenvalue weighted by molar-refractivity contribution is 5.87. The van der Waals surface area contributed by atoms with Crippen LogP contribution in [0.15, 0.2) is 60.7 Å². The van der Waals surface area contributed by atoms with Gasteiger partial charge in [0.25, 0.3) is 0 Å². The van der Waals surface area contributed by atoms with Crippen LogP contribution in [-0.4, -0.2) is 31.3 Å². The highest BCUT2D eigenvalue weighted by atomic mass is 35.5. The van der Waals surface area contributed by atoms with Crippen molar-refractivity contribution in [3.05, 3.63) is 77.6 Å². The fourth-order valence-electron chi connectivity index (χ4n) is 3.15. The minimum atomic E-state index is -0.245. The molecule has 0 amide bonds. The first-order valence-electron chi connectivity index (χ1n) is 9.40. The summed E-state index contributed by atoms with van der Waals surface area (Å²) in [5, 5.41) is 15.5. The van der Waals surface area contributed by atoms with E-state index in [-0.39, 0.29) is 43.8 Å². The summed E-state index contributed by atoms with van der Waals surface area (Å²) in [7, 11) is 0. The van der Waals surface area contributed by atoms with E-state index in [1.807, 2.05) is 30.3 Å². The first-order valence-corrected chi connectivity index (χ1v) is 9.40. The minimum absolute atomic E-state index is 0. The molecule has 0 saturated carbocycles. The second-order valence-electron chi connectivity index (χ2n) is 6.51. The maximum Gasteiger partial charge on any atom is 0.129 e. The SMILES string of the molecule is OCC[NH2+]CC[NH2+]Cc1c(OCc2ccccc2F)ccc2ccccc12.[Cl-].[Cl-]. The number of halogens is 3. The van der Waals surface area contributed by atoms with Crippen molar-refractivity contribution in [2.45, 2.75) is 13.2 Å². The smallest absolute Gasteiger partial charge is 0.129 e. The number of quaternary nitrogens is 2. The Bertz CT molecular complexity index is 880. The van der Waals surface area contributed by atoms with Crippen molar-refractivity contribution < 1.29 is 49.7 Å². The van der Waals surface area contributed by atoms with Gasteiger partial charge in [0.1, 0.15) is 37.8 Å². The number of aliphatic hydroxyl groups excluding tert-OH is 1. The zero-order valence-corrected chi connectivity index (χ0v) is 17.7. The Kier molecular flexibility index (Phi) is 11.6. The molecule has 0 aliphatic carbocycles. The molecule has 0 aromatic heterocycles. The standard InChI is InChI=1S/C22H25FN2O2.2ClH/c23-21-8-4-2-6-18(21)16-27-22-10-9-17-5-1-3-7-19(17)20(22)15-25-12-11-24-13-14-26;;/h1-10,24-26H,11-16H2;2*1H. The zero-order chi connectivity index (χ0) is 18.9. The molecule has 3 aromatic rings. The monoisotopic (exact) mass is 440 g/mol. The van der Waals surface area contributed by atoms with Gasteiger partial charge in [0.15, 0.2) is 0 Å². The molecule has 0 aliphatic rings. The lowest BCUT2D eigenvalue weighted by atomic mass is 10.0. The van der Waals surface area contributed by atoms with E-state index in [1.165, 1.54) is 16.8 Å². The van der Waals surface area contributed by atoms with Crippen molar-refractivity contribution in [2.24, 2.45) is 0 Å². The molecule has 3 aromatic carbocycles. The number of hydrogen-bond donors (Lipinski definition) is 3. The average Bonchev–Trinajstić information content (AvgIpc) is 2.70. The number of rotatable bonds is 10. The highest BCUT2D eigenvalue weighted by Crippen LogP contribution is 2.28. The third-order valence-corrected chi connectivity index (χ3v) is 4.60. The number of benzene rings is 3. The van der Waals surface area contributed by atoms with Gasteiger partial charge in [-0.05, 0) is 22.9 Å². The molecule has 7 heteroatoms. The van der Waals surface area contributed by atoms with E-state index in [4.69, 9.17) is 9.84 Å². The van der Waals surface area contributed by atoms with Crippen molar-refractivity contribution in [3.8, 4) is 5.75 Å². The predicted octanol–water partition coefficient (Wildman–Crippen LogP) is -4.81. The maximum absolute atomic E-state index is 13.9. The Morgan fingerprint density at radius 2 is 1.55 bits per heavy atom. The lowest BCUT2D eigenvalue weighted by Gasteiger charge is -2.14. The molecule has 0 spiro atoms. The van der Waals surface area contributed by atoms with Crippen molar-refractivity contribution in [2.75, 3.05) is 26.2 Å². The molecule has 0 fully saturated rings. The summed E-state index contributed by atoms with van der Waals surface area (Å²) < 4.78 is 19.9. The molecule has 158 valence electrons. The van der Waals surface area contributed by atoms with Gasteiger partial charge in [0.05, 0.1) is 18.7 Å². The Hall–Kier alpha value is -1.89. The summed E-state index contributed by atoms with van der Waals surface area (Å²) in [6.07, 6.45) is 0. The molecule has 0 radical (unpaired) electrons. The quantitative estimate of drug-likeness (QED) is 0.277. The fourth-order valence-corrected chi connectivity index (χ4v) is 3.15. The molecule has 29 heavy (non-hydrogen) atoms. The Labute approximate surface area is 183 Å². The van der Waals surface area contributed by atoms with Crippen LogP contribution < -0.4 is 40.2 Å². The molecule has 0 saturated heterocycles. The van der Waals surface area contributed by atoms with Gasteiger partial charge in [-0.25, -0.2) is 4.39 Å². The normalized spacial score (nSPS) is 10.3. The number of fused-ring (bicyclic) bond motifs is 1. The van der Waals surface area contributed by atoms with Crippen LogP contribution in [0.5, 0.6) is 5.75 Å². The van der Waals surface area contributed by atoms with Gasteiger partial charge in [-0.15, -0.1) is 0 Å². The van der Waals surface area contributed by atoms with Crippen LogP contribution in [0.3, 0.4) is 0 Å². The molecule has 0 unspecified atom stereocenters. The van der Waals surface area contributed by atoms with Gasteiger partial charge < -0.3 is 45.3 Å². The summed E-state index contributed by atoms with van der Waals surface area (Å²) in [6, 6.07) is 19.0. The van der Waals surface area contributed by atoms with Crippen molar-refractivity contribution in [1.82, 2.24) is 0 Å². The second kappa shape index (κ2) is 13.4. The zero-order valence-electron chi connectivity index (χ0n) is 16.2. The van der Waals surface area contributed by atoms with E-state index < -0.39 is 0 Å². The lowest BCUT2D eigenvalue weighted by molar-refractivity contribution is -0.731. The molecule has 0 aliphatic heterocycles. The summed E-state index contributed by atoms with van der Waals surface area (Å²) in [4.78, 5) is 0. The van der Waals surface area contributed by atoms with Crippen LogP contribution >= 0.6 is 0 Å². The number of aliphatic hydroxyl groups is 1. The van der Waals surface area contributed by atoms with E-state index in [0.29, 0.717) is 5.56 Å². The first kappa shape index (κ1) is 25.1. The van der Waals surface area contributed by atoms with Crippen molar-refractivity contribution >= 4 is 10.8 Å². The van der Waals surface area contributed by atoms with Crippen LogP contribution in [0.1, 0.15) is 11.1 Å². The van der Waals surface area contributed by atoms with Crippen LogP contribution in [0, 0.1) is 5.82 Å². The van der Waals surface area contributed by atoms with Crippen molar-refractivity contribution in [1.29, 1.82) is 0 Å². The minimum Gasteiger partial charge on any atom is -1.00 e. The Morgan fingerprint density at radius 1 is 0.828 bits per heavy atom. The molecule has 0 heterocycles. The summed E-state index contributed by atoms with van der Waals surface area (Å²) in [5.41, 5.74) is 1.69. The fraction of sp³-hybridized carbons (Fsp3) is 0.273. The van der Waals surface area contributed by atoms with Crippen LogP contribution in [0.25, 0.3) is 10.8 Å². The molecule has 0 atom stereocenters. The Balaban J connectivity index is 0.00000210. The molecular weight excluding hydrogens is 414 g/mol. The highest BCUT2D eigenvalue weighted by Gasteiger charge is 2.12. The van der Waals surface area contributed by atoms with Gasteiger partial charge in [-0.1, -0.05) is 48.5 Å². The molecule has 0 bridgehead atoms. The molecule has 3 rings (SSSR count). The van der Waals surface area contributed by atoms with Crippen LogP contribution in [0.4, 0.5) is 4.39 Å². The van der Waals surface area contributed by atoms with Gasteiger partial charge in [0, 0.05) is 5.56 Å². The van der Waals surface area contributed by atoms with Gasteiger partial charge in [-0.3, -0.25) is 0 Å².